The van der Waals surface area contributed by atoms with Crippen molar-refractivity contribution in [3.8, 4) is 0 Å². The van der Waals surface area contributed by atoms with Gasteiger partial charge in [0.1, 0.15) is 5.78 Å². The molecule has 0 spiro atoms. The van der Waals surface area contributed by atoms with E-state index in [9.17, 15) is 14.4 Å². The first kappa shape index (κ1) is 16.7. The minimum Gasteiger partial charge on any atom is -0.469 e. The third-order valence-electron chi connectivity index (χ3n) is 4.55. The minimum atomic E-state index is -0.726. The quantitative estimate of drug-likeness (QED) is 0.722. The Balaban J connectivity index is 2.96. The van der Waals surface area contributed by atoms with Crippen LogP contribution < -0.4 is 0 Å². The molecule has 0 saturated heterocycles. The van der Waals surface area contributed by atoms with E-state index < -0.39 is 5.41 Å². The topological polar surface area (TPSA) is 69.7 Å². The zero-order valence-electron chi connectivity index (χ0n) is 12.9. The van der Waals surface area contributed by atoms with Crippen LogP contribution in [0.4, 0.5) is 0 Å². The molecule has 0 unspecified atom stereocenters. The first-order valence-corrected chi connectivity index (χ1v) is 6.91. The summed E-state index contributed by atoms with van der Waals surface area (Å²) in [7, 11) is 2.70. The molecular weight excluding hydrogens is 260 g/mol. The molecule has 20 heavy (non-hydrogen) atoms. The summed E-state index contributed by atoms with van der Waals surface area (Å²) in [5, 5.41) is 0. The lowest BCUT2D eigenvalue weighted by atomic mass is 9.70. The second kappa shape index (κ2) is 6.37. The highest BCUT2D eigenvalue weighted by Gasteiger charge is 2.50. The minimum absolute atomic E-state index is 0.0263. The van der Waals surface area contributed by atoms with Gasteiger partial charge in [-0.05, 0) is 45.4 Å². The molecule has 5 heteroatoms. The van der Waals surface area contributed by atoms with Crippen LogP contribution in [-0.4, -0.2) is 31.9 Å². The molecule has 114 valence electrons. The van der Waals surface area contributed by atoms with Gasteiger partial charge in [-0.1, -0.05) is 0 Å². The van der Waals surface area contributed by atoms with Crippen molar-refractivity contribution in [1.29, 1.82) is 0 Å². The Kier molecular flexibility index (Phi) is 5.31. The summed E-state index contributed by atoms with van der Waals surface area (Å²) in [6.45, 7) is 5.14. The molecule has 0 aromatic rings. The second-order valence-corrected chi connectivity index (χ2v) is 6.07. The monoisotopic (exact) mass is 284 g/mol. The summed E-state index contributed by atoms with van der Waals surface area (Å²) in [6.07, 6.45) is 1.73. The van der Waals surface area contributed by atoms with E-state index >= 15 is 0 Å². The number of carbonyl (C=O) groups is 3. The van der Waals surface area contributed by atoms with Crippen LogP contribution in [0, 0.1) is 23.2 Å². The molecule has 0 amide bonds. The molecule has 1 aliphatic rings. The van der Waals surface area contributed by atoms with Gasteiger partial charge in [0.05, 0.1) is 19.6 Å². The Bertz CT molecular complexity index is 399. The van der Waals surface area contributed by atoms with Crippen LogP contribution >= 0.6 is 0 Å². The van der Waals surface area contributed by atoms with Crippen molar-refractivity contribution in [2.45, 2.75) is 40.0 Å². The summed E-state index contributed by atoms with van der Waals surface area (Å²) in [6, 6.07) is 0. The Morgan fingerprint density at radius 1 is 1.10 bits per heavy atom. The van der Waals surface area contributed by atoms with Crippen molar-refractivity contribution in [3.05, 3.63) is 0 Å². The summed E-state index contributed by atoms with van der Waals surface area (Å²) >= 11 is 0. The maximum absolute atomic E-state index is 12.0. The van der Waals surface area contributed by atoms with Crippen LogP contribution in [0.3, 0.4) is 0 Å². The van der Waals surface area contributed by atoms with Gasteiger partial charge in [0, 0.05) is 12.3 Å². The highest BCUT2D eigenvalue weighted by atomic mass is 16.5. The summed E-state index contributed by atoms with van der Waals surface area (Å²) < 4.78 is 9.54. The number of esters is 2. The average Bonchev–Trinajstić information content (AvgIpc) is 2.81. The van der Waals surface area contributed by atoms with Crippen LogP contribution in [0.5, 0.6) is 0 Å². The molecule has 0 aliphatic heterocycles. The summed E-state index contributed by atoms with van der Waals surface area (Å²) in [5.74, 6) is -1.03. The molecule has 0 heterocycles. The largest absolute Gasteiger partial charge is 0.469 e. The molecular formula is C15H24O5. The Morgan fingerprint density at radius 2 is 1.70 bits per heavy atom. The van der Waals surface area contributed by atoms with Gasteiger partial charge < -0.3 is 9.47 Å². The van der Waals surface area contributed by atoms with E-state index in [-0.39, 0.29) is 41.9 Å². The lowest BCUT2D eigenvalue weighted by Crippen LogP contribution is -2.39. The molecule has 0 bridgehead atoms. The molecule has 3 atom stereocenters. The van der Waals surface area contributed by atoms with E-state index in [2.05, 4.69) is 4.74 Å². The van der Waals surface area contributed by atoms with Crippen LogP contribution in [0.2, 0.25) is 0 Å². The fourth-order valence-electron chi connectivity index (χ4n) is 3.45. The normalized spacial score (nSPS) is 26.1. The van der Waals surface area contributed by atoms with Crippen molar-refractivity contribution in [2.24, 2.45) is 23.2 Å². The lowest BCUT2D eigenvalue weighted by molar-refractivity contribution is -0.155. The Labute approximate surface area is 120 Å². The zero-order chi connectivity index (χ0) is 15.5. The summed E-state index contributed by atoms with van der Waals surface area (Å²) in [5.41, 5.74) is -0.726. The van der Waals surface area contributed by atoms with E-state index in [1.54, 1.807) is 13.8 Å². The predicted molar refractivity (Wildman–Crippen MR) is 72.8 cm³/mol. The third kappa shape index (κ3) is 3.19. The first-order valence-electron chi connectivity index (χ1n) is 6.91. The van der Waals surface area contributed by atoms with Gasteiger partial charge in [0.25, 0.3) is 0 Å². The maximum atomic E-state index is 12.0. The number of methoxy groups -OCH3 is 2. The lowest BCUT2D eigenvalue weighted by Gasteiger charge is -2.33. The van der Waals surface area contributed by atoms with E-state index in [4.69, 9.17) is 4.74 Å². The molecule has 0 aromatic heterocycles. The standard InChI is InChI=1S/C15H24O5/c1-9(16)13-10(8-12(17)19-4)6-7-11(13)15(2,3)14(18)20-5/h10-11,13H,6-8H2,1-5H3/t10-,11+,13+/m0/s1. The number of hydrogen-bond acceptors (Lipinski definition) is 5. The zero-order valence-corrected chi connectivity index (χ0v) is 12.9. The van der Waals surface area contributed by atoms with Crippen LogP contribution in [0.15, 0.2) is 0 Å². The SMILES string of the molecule is COC(=O)C[C@@H]1CC[C@@H](C(C)(C)C(=O)OC)[C@@H]1C(C)=O. The van der Waals surface area contributed by atoms with E-state index in [0.29, 0.717) is 0 Å². The highest BCUT2D eigenvalue weighted by Crippen LogP contribution is 2.48. The molecule has 1 aliphatic carbocycles. The smallest absolute Gasteiger partial charge is 0.311 e. The highest BCUT2D eigenvalue weighted by molar-refractivity contribution is 5.83. The number of ketones is 1. The Hall–Kier alpha value is -1.39. The van der Waals surface area contributed by atoms with Crippen molar-refractivity contribution in [2.75, 3.05) is 14.2 Å². The molecule has 1 saturated carbocycles. The molecule has 5 nitrogen and oxygen atoms in total. The third-order valence-corrected chi connectivity index (χ3v) is 4.55. The average molecular weight is 284 g/mol. The van der Waals surface area contributed by atoms with E-state index in [0.717, 1.165) is 12.8 Å². The molecule has 0 radical (unpaired) electrons. The fraction of sp³-hybridized carbons (Fsp3) is 0.800. The number of carbonyl (C=O) groups excluding carboxylic acids is 3. The van der Waals surface area contributed by atoms with Crippen molar-refractivity contribution in [1.82, 2.24) is 0 Å². The van der Waals surface area contributed by atoms with Gasteiger partial charge in [-0.15, -0.1) is 0 Å². The maximum Gasteiger partial charge on any atom is 0.311 e. The van der Waals surface area contributed by atoms with Crippen LogP contribution in [0.1, 0.15) is 40.0 Å². The van der Waals surface area contributed by atoms with Crippen molar-refractivity contribution in [3.63, 3.8) is 0 Å². The van der Waals surface area contributed by atoms with Gasteiger partial charge in [0.15, 0.2) is 0 Å². The van der Waals surface area contributed by atoms with E-state index in [1.807, 2.05) is 0 Å². The number of ether oxygens (including phenoxy) is 2. The molecule has 1 rings (SSSR count). The molecule has 0 aromatic carbocycles. The first-order chi connectivity index (χ1) is 9.25. The Morgan fingerprint density at radius 3 is 2.15 bits per heavy atom. The van der Waals surface area contributed by atoms with Crippen LogP contribution in [0.25, 0.3) is 0 Å². The fourth-order valence-corrected chi connectivity index (χ4v) is 3.45. The van der Waals surface area contributed by atoms with E-state index in [1.165, 1.54) is 21.1 Å². The van der Waals surface area contributed by atoms with Gasteiger partial charge in [-0.3, -0.25) is 14.4 Å². The predicted octanol–water partition coefficient (Wildman–Crippen LogP) is 1.98. The van der Waals surface area contributed by atoms with Gasteiger partial charge >= 0.3 is 11.9 Å². The number of rotatable bonds is 5. The van der Waals surface area contributed by atoms with Gasteiger partial charge in [0.2, 0.25) is 0 Å². The molecule has 1 fully saturated rings. The van der Waals surface area contributed by atoms with Crippen LogP contribution in [-0.2, 0) is 23.9 Å². The number of hydrogen-bond donors (Lipinski definition) is 0. The number of Topliss-reactive ketones (excluding diaryl/α,β-unsaturated/α-hetero) is 1. The van der Waals surface area contributed by atoms with Crippen molar-refractivity contribution >= 4 is 17.7 Å². The van der Waals surface area contributed by atoms with Crippen molar-refractivity contribution < 1.29 is 23.9 Å². The van der Waals surface area contributed by atoms with Gasteiger partial charge in [-0.25, -0.2) is 0 Å². The molecule has 0 N–H and O–H groups in total. The second-order valence-electron chi connectivity index (χ2n) is 6.07. The summed E-state index contributed by atoms with van der Waals surface area (Å²) in [4.78, 5) is 35.4. The van der Waals surface area contributed by atoms with Gasteiger partial charge in [-0.2, -0.15) is 0 Å².